The lowest BCUT2D eigenvalue weighted by atomic mass is 10.2. The molecule has 0 aliphatic heterocycles. The summed E-state index contributed by atoms with van der Waals surface area (Å²) in [7, 11) is 0. The van der Waals surface area contributed by atoms with Crippen LogP contribution >= 0.6 is 11.8 Å². The van der Waals surface area contributed by atoms with Crippen molar-refractivity contribution in [3.8, 4) is 11.8 Å². The van der Waals surface area contributed by atoms with Crippen molar-refractivity contribution in [2.75, 3.05) is 23.8 Å². The molecule has 0 radical (unpaired) electrons. The van der Waals surface area contributed by atoms with Crippen LogP contribution < -0.4 is 9.64 Å². The van der Waals surface area contributed by atoms with Gasteiger partial charge >= 0.3 is 0 Å². The monoisotopic (exact) mass is 391 g/mol. The van der Waals surface area contributed by atoms with Crippen molar-refractivity contribution in [2.24, 2.45) is 0 Å². The summed E-state index contributed by atoms with van der Waals surface area (Å²) in [6, 6.07) is 21.3. The predicted molar refractivity (Wildman–Crippen MR) is 113 cm³/mol. The van der Waals surface area contributed by atoms with Crippen molar-refractivity contribution in [3.63, 3.8) is 0 Å². The number of para-hydroxylation sites is 1. The fourth-order valence-electron chi connectivity index (χ4n) is 2.79. The quantitative estimate of drug-likeness (QED) is 0.522. The molecular formula is C22H21N3O2S. The average molecular weight is 391 g/mol. The molecule has 0 fully saturated rings. The Hall–Kier alpha value is -3.04. The Morgan fingerprint density at radius 3 is 2.68 bits per heavy atom. The number of rotatable bonds is 8. The third-order valence-electron chi connectivity index (χ3n) is 4.12. The smallest absolute Gasteiger partial charge is 0.237 e. The normalized spacial score (nSPS) is 10.4. The van der Waals surface area contributed by atoms with Crippen LogP contribution in [0.25, 0.3) is 10.9 Å². The number of amides is 1. The Morgan fingerprint density at radius 1 is 1.14 bits per heavy atom. The fraction of sp³-hybridized carbons (Fsp3) is 0.227. The van der Waals surface area contributed by atoms with Gasteiger partial charge in [0.1, 0.15) is 5.75 Å². The minimum absolute atomic E-state index is 0.0561. The summed E-state index contributed by atoms with van der Waals surface area (Å²) in [4.78, 5) is 19.1. The van der Waals surface area contributed by atoms with E-state index in [0.29, 0.717) is 13.2 Å². The molecule has 0 aliphatic carbocycles. The molecule has 0 saturated carbocycles. The summed E-state index contributed by atoms with van der Waals surface area (Å²) in [6.07, 6.45) is 0.276. The number of aromatic nitrogens is 1. The van der Waals surface area contributed by atoms with Gasteiger partial charge in [-0.15, -0.1) is 0 Å². The summed E-state index contributed by atoms with van der Waals surface area (Å²) in [5.41, 5.74) is 1.67. The topological polar surface area (TPSA) is 66.2 Å². The third kappa shape index (κ3) is 5.02. The fourth-order valence-corrected chi connectivity index (χ4v) is 3.54. The second-order valence-electron chi connectivity index (χ2n) is 6.01. The average Bonchev–Trinajstić information content (AvgIpc) is 2.73. The Bertz CT molecular complexity index is 983. The minimum Gasteiger partial charge on any atom is -0.494 e. The highest BCUT2D eigenvalue weighted by Crippen LogP contribution is 2.23. The number of anilines is 1. The summed E-state index contributed by atoms with van der Waals surface area (Å²) in [5.74, 6) is 0.956. The molecule has 0 aliphatic rings. The van der Waals surface area contributed by atoms with Crippen LogP contribution in [0.4, 0.5) is 5.69 Å². The van der Waals surface area contributed by atoms with Gasteiger partial charge in [-0.3, -0.25) is 4.79 Å². The van der Waals surface area contributed by atoms with Crippen molar-refractivity contribution in [1.29, 1.82) is 5.26 Å². The van der Waals surface area contributed by atoms with Gasteiger partial charge in [-0.25, -0.2) is 4.98 Å². The molecule has 2 aromatic carbocycles. The number of hydrogen-bond donors (Lipinski definition) is 0. The molecule has 3 rings (SSSR count). The van der Waals surface area contributed by atoms with E-state index in [2.05, 4.69) is 11.1 Å². The van der Waals surface area contributed by atoms with Crippen LogP contribution in [0.2, 0.25) is 0 Å². The maximum absolute atomic E-state index is 12.8. The molecular weight excluding hydrogens is 370 g/mol. The van der Waals surface area contributed by atoms with E-state index in [-0.39, 0.29) is 18.1 Å². The Kier molecular flexibility index (Phi) is 6.88. The molecule has 1 amide bonds. The molecule has 5 nitrogen and oxygen atoms in total. The number of thioether (sulfide) groups is 1. The van der Waals surface area contributed by atoms with Crippen molar-refractivity contribution in [1.82, 2.24) is 4.98 Å². The zero-order valence-corrected chi connectivity index (χ0v) is 16.5. The molecule has 0 spiro atoms. The lowest BCUT2D eigenvalue weighted by Crippen LogP contribution is -2.33. The van der Waals surface area contributed by atoms with Crippen molar-refractivity contribution >= 4 is 34.3 Å². The van der Waals surface area contributed by atoms with Gasteiger partial charge in [0.15, 0.2) is 0 Å². The maximum atomic E-state index is 12.8. The van der Waals surface area contributed by atoms with E-state index in [1.807, 2.05) is 67.6 Å². The molecule has 28 heavy (non-hydrogen) atoms. The number of hydrogen-bond acceptors (Lipinski definition) is 5. The van der Waals surface area contributed by atoms with Crippen molar-refractivity contribution < 1.29 is 9.53 Å². The highest BCUT2D eigenvalue weighted by molar-refractivity contribution is 7.99. The number of fused-ring (bicyclic) bond motifs is 1. The predicted octanol–water partition coefficient (Wildman–Crippen LogP) is 4.67. The molecule has 142 valence electrons. The maximum Gasteiger partial charge on any atom is 0.237 e. The van der Waals surface area contributed by atoms with E-state index in [1.165, 1.54) is 11.8 Å². The van der Waals surface area contributed by atoms with Crippen LogP contribution in [-0.2, 0) is 4.79 Å². The lowest BCUT2D eigenvalue weighted by Gasteiger charge is -2.22. The van der Waals surface area contributed by atoms with E-state index in [9.17, 15) is 4.79 Å². The van der Waals surface area contributed by atoms with E-state index in [4.69, 9.17) is 10.00 Å². The van der Waals surface area contributed by atoms with Crippen LogP contribution in [0.1, 0.15) is 13.3 Å². The van der Waals surface area contributed by atoms with Crippen molar-refractivity contribution in [3.05, 3.63) is 60.7 Å². The minimum atomic E-state index is -0.0561. The van der Waals surface area contributed by atoms with E-state index in [1.54, 1.807) is 4.90 Å². The molecule has 1 heterocycles. The Morgan fingerprint density at radius 2 is 1.93 bits per heavy atom. The highest BCUT2D eigenvalue weighted by Gasteiger charge is 2.16. The zero-order chi connectivity index (χ0) is 19.8. The summed E-state index contributed by atoms with van der Waals surface area (Å²) < 4.78 is 5.45. The van der Waals surface area contributed by atoms with Crippen LogP contribution in [0.15, 0.2) is 65.7 Å². The van der Waals surface area contributed by atoms with Crippen LogP contribution in [0.5, 0.6) is 5.75 Å². The first-order valence-corrected chi connectivity index (χ1v) is 10.1. The summed E-state index contributed by atoms with van der Waals surface area (Å²) in [6.45, 7) is 2.87. The second kappa shape index (κ2) is 9.77. The molecule has 0 saturated heterocycles. The SMILES string of the molecule is CCOc1ccc(N(CCC#N)C(=O)CSc2ccc3ccccc3n2)cc1. The third-order valence-corrected chi connectivity index (χ3v) is 5.04. The standard InChI is InChI=1S/C22H21N3O2S/c1-2-27-19-11-9-18(10-12-19)25(15-5-14-23)22(26)16-28-21-13-8-17-6-3-4-7-20(17)24-21/h3-4,6-13H,2,5,15-16H2,1H3. The van der Waals surface area contributed by atoms with Crippen molar-refractivity contribution in [2.45, 2.75) is 18.4 Å². The molecule has 0 atom stereocenters. The van der Waals surface area contributed by atoms with Gasteiger partial charge in [0.25, 0.3) is 0 Å². The van der Waals surface area contributed by atoms with Crippen LogP contribution in [0, 0.1) is 11.3 Å². The molecule has 6 heteroatoms. The van der Waals surface area contributed by atoms with E-state index < -0.39 is 0 Å². The molecule has 1 aromatic heterocycles. The molecule has 0 bridgehead atoms. The van der Waals surface area contributed by atoms with Gasteiger partial charge < -0.3 is 9.64 Å². The number of benzene rings is 2. The number of carbonyl (C=O) groups excluding carboxylic acids is 1. The number of pyridine rings is 1. The molecule has 0 unspecified atom stereocenters. The first kappa shape index (κ1) is 19.7. The van der Waals surface area contributed by atoms with Gasteiger partial charge in [-0.1, -0.05) is 36.0 Å². The number of nitrogens with zero attached hydrogens (tertiary/aromatic N) is 3. The van der Waals surface area contributed by atoms with Crippen LogP contribution in [0.3, 0.4) is 0 Å². The van der Waals surface area contributed by atoms with Crippen LogP contribution in [-0.4, -0.2) is 29.8 Å². The molecule has 0 N–H and O–H groups in total. The van der Waals surface area contributed by atoms with Gasteiger partial charge in [0.2, 0.25) is 5.91 Å². The van der Waals surface area contributed by atoms with Gasteiger partial charge in [0, 0.05) is 17.6 Å². The Labute approximate surface area is 168 Å². The first-order valence-electron chi connectivity index (χ1n) is 9.10. The Balaban J connectivity index is 1.70. The molecule has 3 aromatic rings. The lowest BCUT2D eigenvalue weighted by molar-refractivity contribution is -0.116. The van der Waals surface area contributed by atoms with Gasteiger partial charge in [-0.2, -0.15) is 5.26 Å². The first-order chi connectivity index (χ1) is 13.7. The number of nitriles is 1. The van der Waals surface area contributed by atoms with E-state index in [0.717, 1.165) is 27.4 Å². The number of carbonyl (C=O) groups is 1. The van der Waals surface area contributed by atoms with Gasteiger partial charge in [-0.05, 0) is 43.3 Å². The van der Waals surface area contributed by atoms with E-state index >= 15 is 0 Å². The zero-order valence-electron chi connectivity index (χ0n) is 15.7. The largest absolute Gasteiger partial charge is 0.494 e. The second-order valence-corrected chi connectivity index (χ2v) is 7.01. The highest BCUT2D eigenvalue weighted by atomic mass is 32.2. The summed E-state index contributed by atoms with van der Waals surface area (Å²) in [5, 5.41) is 10.8. The summed E-state index contributed by atoms with van der Waals surface area (Å²) >= 11 is 1.40. The number of ether oxygens (including phenoxy) is 1. The van der Waals surface area contributed by atoms with Gasteiger partial charge in [0.05, 0.1) is 35.4 Å².